The molecule has 1 aromatic carbocycles. The van der Waals surface area contributed by atoms with E-state index < -0.39 is 0 Å². The zero-order valence-corrected chi connectivity index (χ0v) is 8.89. The molecule has 1 atom stereocenters. The molecule has 0 amide bonds. The number of nitrogens with zero attached hydrogens (tertiary/aromatic N) is 1. The van der Waals surface area contributed by atoms with Crippen LogP contribution in [0.4, 0.5) is 0 Å². The Balaban J connectivity index is 1.96. The summed E-state index contributed by atoms with van der Waals surface area (Å²) in [6.45, 7) is 6.48. The van der Waals surface area contributed by atoms with Crippen molar-refractivity contribution in [2.45, 2.75) is 19.1 Å². The number of rotatable bonds is 3. The molecule has 2 heteroatoms. The normalized spacial score (nSPS) is 21.8. The van der Waals surface area contributed by atoms with Crippen molar-refractivity contribution in [2.75, 3.05) is 13.1 Å². The van der Waals surface area contributed by atoms with Gasteiger partial charge in [-0.3, -0.25) is 4.90 Å². The number of hydrogen-bond acceptors (Lipinski definition) is 2. The molecule has 1 saturated heterocycles. The maximum atomic E-state index is 9.40. The van der Waals surface area contributed by atoms with Crippen LogP contribution in [0, 0.1) is 0 Å². The van der Waals surface area contributed by atoms with Gasteiger partial charge >= 0.3 is 0 Å². The molecule has 1 aliphatic rings. The van der Waals surface area contributed by atoms with E-state index in [-0.39, 0.29) is 6.10 Å². The Labute approximate surface area is 90.8 Å². The van der Waals surface area contributed by atoms with Gasteiger partial charge in [0.2, 0.25) is 0 Å². The van der Waals surface area contributed by atoms with Gasteiger partial charge in [-0.15, -0.1) is 0 Å². The highest BCUT2D eigenvalue weighted by Gasteiger charge is 2.19. The molecule has 1 N–H and O–H groups in total. The van der Waals surface area contributed by atoms with Gasteiger partial charge in [-0.2, -0.15) is 0 Å². The van der Waals surface area contributed by atoms with Gasteiger partial charge < -0.3 is 5.11 Å². The molecule has 0 spiro atoms. The van der Waals surface area contributed by atoms with Crippen molar-refractivity contribution in [1.29, 1.82) is 0 Å². The number of benzene rings is 1. The maximum Gasteiger partial charge on any atom is 0.0679 e. The third-order valence-electron chi connectivity index (χ3n) is 2.87. The van der Waals surface area contributed by atoms with Gasteiger partial charge in [0.25, 0.3) is 0 Å². The molecule has 0 saturated carbocycles. The first-order valence-electron chi connectivity index (χ1n) is 5.40. The first kappa shape index (κ1) is 10.4. The number of hydrogen-bond donors (Lipinski definition) is 1. The molecule has 0 bridgehead atoms. The van der Waals surface area contributed by atoms with Crippen LogP contribution >= 0.6 is 0 Å². The molecule has 0 aromatic heterocycles. The van der Waals surface area contributed by atoms with Crippen LogP contribution in [0.15, 0.2) is 30.8 Å². The fourth-order valence-electron chi connectivity index (χ4n) is 1.97. The Morgan fingerprint density at radius 2 is 2.13 bits per heavy atom. The monoisotopic (exact) mass is 203 g/mol. The molecule has 1 heterocycles. The number of likely N-dealkylation sites (tertiary alicyclic amines) is 1. The summed E-state index contributed by atoms with van der Waals surface area (Å²) in [4.78, 5) is 2.29. The van der Waals surface area contributed by atoms with E-state index in [0.717, 1.165) is 31.6 Å². The third kappa shape index (κ3) is 2.67. The first-order chi connectivity index (χ1) is 7.28. The predicted molar refractivity (Wildman–Crippen MR) is 62.4 cm³/mol. The average Bonchev–Trinajstić information content (AvgIpc) is 2.65. The van der Waals surface area contributed by atoms with E-state index in [1.165, 1.54) is 5.56 Å². The summed E-state index contributed by atoms with van der Waals surface area (Å²) in [6.07, 6.45) is 2.63. The molecule has 1 aromatic rings. The van der Waals surface area contributed by atoms with Crippen molar-refractivity contribution in [2.24, 2.45) is 0 Å². The van der Waals surface area contributed by atoms with Gasteiger partial charge in [0, 0.05) is 19.6 Å². The van der Waals surface area contributed by atoms with Crippen LogP contribution in [-0.2, 0) is 6.54 Å². The van der Waals surface area contributed by atoms with Gasteiger partial charge in [-0.25, -0.2) is 0 Å². The summed E-state index contributed by atoms with van der Waals surface area (Å²) in [5.74, 6) is 0. The highest BCUT2D eigenvalue weighted by molar-refractivity contribution is 5.47. The molecule has 1 aliphatic heterocycles. The Bertz CT molecular complexity index is 331. The fourth-order valence-corrected chi connectivity index (χ4v) is 1.97. The zero-order chi connectivity index (χ0) is 10.7. The number of β-amino-alcohol motifs (C(OH)–C–C–N with tert-alkyl or cyclic N) is 1. The van der Waals surface area contributed by atoms with E-state index in [2.05, 4.69) is 35.7 Å². The van der Waals surface area contributed by atoms with E-state index in [1.807, 2.05) is 6.08 Å². The van der Waals surface area contributed by atoms with Crippen LogP contribution in [-0.4, -0.2) is 29.2 Å². The van der Waals surface area contributed by atoms with Crippen molar-refractivity contribution in [1.82, 2.24) is 4.90 Å². The molecule has 2 rings (SSSR count). The highest BCUT2D eigenvalue weighted by atomic mass is 16.3. The summed E-state index contributed by atoms with van der Waals surface area (Å²) < 4.78 is 0. The number of aliphatic hydroxyl groups is 1. The third-order valence-corrected chi connectivity index (χ3v) is 2.87. The van der Waals surface area contributed by atoms with E-state index in [0.29, 0.717) is 0 Å². The summed E-state index contributed by atoms with van der Waals surface area (Å²) in [5, 5.41) is 9.40. The topological polar surface area (TPSA) is 23.5 Å². The minimum absolute atomic E-state index is 0.127. The Hall–Kier alpha value is -1.12. The van der Waals surface area contributed by atoms with Crippen molar-refractivity contribution in [3.63, 3.8) is 0 Å². The lowest BCUT2D eigenvalue weighted by molar-refractivity contribution is 0.175. The van der Waals surface area contributed by atoms with Crippen molar-refractivity contribution >= 4 is 6.08 Å². The second-order valence-corrected chi connectivity index (χ2v) is 4.12. The van der Waals surface area contributed by atoms with Crippen molar-refractivity contribution in [3.8, 4) is 0 Å². The smallest absolute Gasteiger partial charge is 0.0679 e. The Kier molecular flexibility index (Phi) is 3.19. The minimum atomic E-state index is -0.127. The van der Waals surface area contributed by atoms with Gasteiger partial charge in [-0.1, -0.05) is 36.9 Å². The standard InChI is InChI=1S/C13H17NO/c1-2-11-3-5-12(6-4-11)9-14-8-7-13(15)10-14/h2-6,13,15H,1,7-10H2/t13-/m0/s1. The van der Waals surface area contributed by atoms with Crippen molar-refractivity contribution in [3.05, 3.63) is 42.0 Å². The molecular formula is C13H17NO. The molecule has 80 valence electrons. The highest BCUT2D eigenvalue weighted by Crippen LogP contribution is 2.14. The van der Waals surface area contributed by atoms with Crippen LogP contribution < -0.4 is 0 Å². The van der Waals surface area contributed by atoms with Crippen LogP contribution in [0.1, 0.15) is 17.5 Å². The van der Waals surface area contributed by atoms with Gasteiger partial charge in [-0.05, 0) is 17.5 Å². The van der Waals surface area contributed by atoms with Crippen molar-refractivity contribution < 1.29 is 5.11 Å². The predicted octanol–water partition coefficient (Wildman–Crippen LogP) is 1.90. The lowest BCUT2D eigenvalue weighted by Crippen LogP contribution is -2.21. The van der Waals surface area contributed by atoms with E-state index in [9.17, 15) is 5.11 Å². The average molecular weight is 203 g/mol. The van der Waals surface area contributed by atoms with Gasteiger partial charge in [0.05, 0.1) is 6.10 Å². The fraction of sp³-hybridized carbons (Fsp3) is 0.385. The molecular weight excluding hydrogens is 186 g/mol. The maximum absolute atomic E-state index is 9.40. The molecule has 2 nitrogen and oxygen atoms in total. The quantitative estimate of drug-likeness (QED) is 0.811. The lowest BCUT2D eigenvalue weighted by atomic mass is 10.1. The second-order valence-electron chi connectivity index (χ2n) is 4.12. The summed E-state index contributed by atoms with van der Waals surface area (Å²) in [7, 11) is 0. The second kappa shape index (κ2) is 4.60. The van der Waals surface area contributed by atoms with Gasteiger partial charge in [0.1, 0.15) is 0 Å². The number of aliphatic hydroxyl groups excluding tert-OH is 1. The van der Waals surface area contributed by atoms with Crippen LogP contribution in [0.25, 0.3) is 6.08 Å². The molecule has 0 radical (unpaired) electrons. The largest absolute Gasteiger partial charge is 0.392 e. The molecule has 0 unspecified atom stereocenters. The molecule has 1 fully saturated rings. The van der Waals surface area contributed by atoms with Crippen LogP contribution in [0.2, 0.25) is 0 Å². The van der Waals surface area contributed by atoms with Gasteiger partial charge in [0.15, 0.2) is 0 Å². The molecule has 15 heavy (non-hydrogen) atoms. The summed E-state index contributed by atoms with van der Waals surface area (Å²) in [5.41, 5.74) is 2.45. The van der Waals surface area contributed by atoms with Crippen LogP contribution in [0.3, 0.4) is 0 Å². The lowest BCUT2D eigenvalue weighted by Gasteiger charge is -2.14. The van der Waals surface area contributed by atoms with E-state index >= 15 is 0 Å². The summed E-state index contributed by atoms with van der Waals surface area (Å²) in [6, 6.07) is 8.41. The Morgan fingerprint density at radius 1 is 1.40 bits per heavy atom. The SMILES string of the molecule is C=Cc1ccc(CN2CC[C@H](O)C2)cc1. The van der Waals surface area contributed by atoms with E-state index in [4.69, 9.17) is 0 Å². The molecule has 0 aliphatic carbocycles. The first-order valence-corrected chi connectivity index (χ1v) is 5.40. The minimum Gasteiger partial charge on any atom is -0.392 e. The Morgan fingerprint density at radius 3 is 2.67 bits per heavy atom. The summed E-state index contributed by atoms with van der Waals surface area (Å²) >= 11 is 0. The van der Waals surface area contributed by atoms with Crippen LogP contribution in [0.5, 0.6) is 0 Å². The van der Waals surface area contributed by atoms with E-state index in [1.54, 1.807) is 0 Å². The zero-order valence-electron chi connectivity index (χ0n) is 8.89.